The second kappa shape index (κ2) is 6.32. The van der Waals surface area contributed by atoms with Crippen molar-refractivity contribution in [3.8, 4) is 0 Å². The Bertz CT molecular complexity index is 482. The summed E-state index contributed by atoms with van der Waals surface area (Å²) >= 11 is 0. The van der Waals surface area contributed by atoms with E-state index in [2.05, 4.69) is 27.7 Å². The van der Waals surface area contributed by atoms with Crippen LogP contribution in [0.1, 0.15) is 86.5 Å². The highest BCUT2D eigenvalue weighted by Crippen LogP contribution is 2.66. The molecule has 7 atom stereocenters. The molecule has 0 heterocycles. The fourth-order valence-corrected chi connectivity index (χ4v) is 6.48. The third-order valence-corrected chi connectivity index (χ3v) is 8.34. The Morgan fingerprint density at radius 2 is 1.88 bits per heavy atom. The molecule has 0 amide bonds. The summed E-state index contributed by atoms with van der Waals surface area (Å²) in [7, 11) is 0. The minimum atomic E-state index is -0.354. The fraction of sp³-hybridized carbons (Fsp3) is 0.955. The lowest BCUT2D eigenvalue weighted by atomic mass is 9.57. The summed E-state index contributed by atoms with van der Waals surface area (Å²) in [5.41, 5.74) is -0.521. The zero-order valence-corrected chi connectivity index (χ0v) is 16.7. The summed E-state index contributed by atoms with van der Waals surface area (Å²) in [6.07, 6.45) is 8.40. The van der Waals surface area contributed by atoms with E-state index in [0.717, 1.165) is 48.9 Å². The molecule has 0 spiro atoms. The van der Waals surface area contributed by atoms with Crippen LogP contribution in [0, 0.1) is 40.9 Å². The third kappa shape index (κ3) is 2.63. The van der Waals surface area contributed by atoms with Crippen molar-refractivity contribution in [3.63, 3.8) is 0 Å². The molecule has 0 aliphatic heterocycles. The van der Waals surface area contributed by atoms with Crippen LogP contribution >= 0.6 is 0 Å². The average Bonchev–Trinajstić information content (AvgIpc) is 3.12. The first-order valence-corrected chi connectivity index (χ1v) is 10.5. The molecule has 0 saturated heterocycles. The molecule has 3 aliphatic rings. The number of fused-ring (bicyclic) bond motifs is 5. The lowest BCUT2D eigenvalue weighted by molar-refractivity contribution is -0.185. The number of hydrogen-bond acceptors (Lipinski definition) is 2. The number of rotatable bonds is 5. The van der Waals surface area contributed by atoms with Gasteiger partial charge in [-0.1, -0.05) is 40.5 Å². The number of esters is 1. The van der Waals surface area contributed by atoms with Gasteiger partial charge < -0.3 is 4.74 Å². The van der Waals surface area contributed by atoms with Crippen LogP contribution in [0.25, 0.3) is 0 Å². The Balaban J connectivity index is 1.84. The van der Waals surface area contributed by atoms with Crippen molar-refractivity contribution in [2.24, 2.45) is 40.9 Å². The van der Waals surface area contributed by atoms with Gasteiger partial charge in [0.15, 0.2) is 0 Å². The number of ether oxygens (including phenoxy) is 1. The smallest absolute Gasteiger partial charge is 0.312 e. The standard InChI is InChI=1S/C22H38O2/c1-7-15-11-10-14(4)18-17-12-16(19(15)18)13-22(17,9-3)24-20(23)21(5,6)8-2/h14-19H,7-13H2,1-6H3. The number of hydrogen-bond donors (Lipinski definition) is 0. The molecular formula is C22H38O2. The molecule has 0 N–H and O–H groups in total. The monoisotopic (exact) mass is 334 g/mol. The summed E-state index contributed by atoms with van der Waals surface area (Å²) in [5, 5.41) is 0. The van der Waals surface area contributed by atoms with E-state index < -0.39 is 0 Å². The second-order valence-corrected chi connectivity index (χ2v) is 9.73. The first kappa shape index (κ1) is 18.3. The van der Waals surface area contributed by atoms with E-state index in [1.165, 1.54) is 25.7 Å². The molecule has 3 aliphatic carbocycles. The Kier molecular flexibility index (Phi) is 4.81. The van der Waals surface area contributed by atoms with E-state index in [0.29, 0.717) is 5.92 Å². The van der Waals surface area contributed by atoms with Crippen LogP contribution in [0.5, 0.6) is 0 Å². The van der Waals surface area contributed by atoms with Crippen molar-refractivity contribution in [1.82, 2.24) is 0 Å². The molecule has 0 aromatic rings. The van der Waals surface area contributed by atoms with Crippen molar-refractivity contribution in [1.29, 1.82) is 0 Å². The molecule has 2 heteroatoms. The normalized spacial score (nSPS) is 44.4. The molecule has 0 aromatic heterocycles. The number of carbonyl (C=O) groups excluding carboxylic acids is 1. The van der Waals surface area contributed by atoms with E-state index in [4.69, 9.17) is 4.74 Å². The maximum atomic E-state index is 12.8. The van der Waals surface area contributed by atoms with Crippen LogP contribution in [-0.2, 0) is 9.53 Å². The van der Waals surface area contributed by atoms with Gasteiger partial charge in [0, 0.05) is 5.92 Å². The van der Waals surface area contributed by atoms with Gasteiger partial charge in [-0.3, -0.25) is 4.79 Å². The molecule has 3 fully saturated rings. The van der Waals surface area contributed by atoms with E-state index >= 15 is 0 Å². The molecular weight excluding hydrogens is 296 g/mol. The lowest BCUT2D eigenvalue weighted by Gasteiger charge is -2.51. The molecule has 2 bridgehead atoms. The summed E-state index contributed by atoms with van der Waals surface area (Å²) in [6, 6.07) is 0. The van der Waals surface area contributed by atoms with Crippen molar-refractivity contribution in [2.75, 3.05) is 0 Å². The van der Waals surface area contributed by atoms with Gasteiger partial charge in [0.2, 0.25) is 0 Å². The molecule has 0 radical (unpaired) electrons. The molecule has 24 heavy (non-hydrogen) atoms. The minimum Gasteiger partial charge on any atom is -0.458 e. The van der Waals surface area contributed by atoms with Crippen LogP contribution in [0.2, 0.25) is 0 Å². The molecule has 3 rings (SSSR count). The Morgan fingerprint density at radius 1 is 1.17 bits per heavy atom. The summed E-state index contributed by atoms with van der Waals surface area (Å²) in [4.78, 5) is 12.8. The van der Waals surface area contributed by atoms with Crippen molar-refractivity contribution < 1.29 is 9.53 Å². The predicted octanol–water partition coefficient (Wildman–Crippen LogP) is 5.84. The van der Waals surface area contributed by atoms with Gasteiger partial charge in [0.1, 0.15) is 5.60 Å². The van der Waals surface area contributed by atoms with Crippen molar-refractivity contribution in [2.45, 2.75) is 92.1 Å². The molecule has 2 nitrogen and oxygen atoms in total. The fourth-order valence-electron chi connectivity index (χ4n) is 6.48. The zero-order chi connectivity index (χ0) is 17.7. The molecule has 0 aromatic carbocycles. The third-order valence-electron chi connectivity index (χ3n) is 8.34. The SMILES string of the molecule is CCC1CCC(C)C2C1C1CC2C(CC)(OC(=O)C(C)(C)CC)C1. The van der Waals surface area contributed by atoms with E-state index in [1.807, 2.05) is 13.8 Å². The van der Waals surface area contributed by atoms with Gasteiger partial charge >= 0.3 is 5.97 Å². The molecule has 7 unspecified atom stereocenters. The quantitative estimate of drug-likeness (QED) is 0.590. The minimum absolute atomic E-state index is 0.0338. The summed E-state index contributed by atoms with van der Waals surface area (Å²) < 4.78 is 6.37. The van der Waals surface area contributed by atoms with Gasteiger partial charge in [-0.2, -0.15) is 0 Å². The topological polar surface area (TPSA) is 26.3 Å². The number of carbonyl (C=O) groups is 1. The highest BCUT2D eigenvalue weighted by molar-refractivity contribution is 5.76. The first-order valence-electron chi connectivity index (χ1n) is 10.5. The summed E-state index contributed by atoms with van der Waals surface area (Å²) in [5.74, 6) is 4.85. The average molecular weight is 335 g/mol. The van der Waals surface area contributed by atoms with E-state index in [-0.39, 0.29) is 17.0 Å². The van der Waals surface area contributed by atoms with Crippen LogP contribution in [-0.4, -0.2) is 11.6 Å². The van der Waals surface area contributed by atoms with Gasteiger partial charge in [0.25, 0.3) is 0 Å². The lowest BCUT2D eigenvalue weighted by Crippen LogP contribution is -2.51. The van der Waals surface area contributed by atoms with Crippen LogP contribution in [0.3, 0.4) is 0 Å². The first-order chi connectivity index (χ1) is 11.3. The molecule has 138 valence electrons. The maximum Gasteiger partial charge on any atom is 0.312 e. The van der Waals surface area contributed by atoms with Gasteiger partial charge in [-0.15, -0.1) is 0 Å². The molecule has 3 saturated carbocycles. The Labute approximate surface area is 149 Å². The van der Waals surface area contributed by atoms with Gasteiger partial charge in [-0.05, 0) is 75.5 Å². The van der Waals surface area contributed by atoms with Crippen molar-refractivity contribution >= 4 is 5.97 Å². The van der Waals surface area contributed by atoms with Crippen LogP contribution in [0.4, 0.5) is 0 Å². The second-order valence-electron chi connectivity index (χ2n) is 9.73. The van der Waals surface area contributed by atoms with Gasteiger partial charge in [0.05, 0.1) is 5.41 Å². The van der Waals surface area contributed by atoms with E-state index in [1.54, 1.807) is 0 Å². The predicted molar refractivity (Wildman–Crippen MR) is 98.6 cm³/mol. The van der Waals surface area contributed by atoms with Crippen LogP contribution in [0.15, 0.2) is 0 Å². The highest BCUT2D eigenvalue weighted by atomic mass is 16.6. The summed E-state index contributed by atoms with van der Waals surface area (Å²) in [6.45, 7) is 13.2. The van der Waals surface area contributed by atoms with Crippen LogP contribution < -0.4 is 0 Å². The Hall–Kier alpha value is -0.530. The largest absolute Gasteiger partial charge is 0.458 e. The van der Waals surface area contributed by atoms with E-state index in [9.17, 15) is 4.79 Å². The maximum absolute atomic E-state index is 12.8. The zero-order valence-electron chi connectivity index (χ0n) is 16.7. The highest BCUT2D eigenvalue weighted by Gasteiger charge is 2.64. The Morgan fingerprint density at radius 3 is 2.46 bits per heavy atom. The van der Waals surface area contributed by atoms with Crippen molar-refractivity contribution in [3.05, 3.63) is 0 Å². The van der Waals surface area contributed by atoms with Gasteiger partial charge in [-0.25, -0.2) is 0 Å².